The van der Waals surface area contributed by atoms with Gasteiger partial charge in [0.05, 0.1) is 16.4 Å². The molecule has 1 fully saturated rings. The molecule has 0 saturated carbocycles. The molecule has 0 atom stereocenters. The van der Waals surface area contributed by atoms with Crippen LogP contribution in [0, 0.1) is 11.6 Å². The Labute approximate surface area is 223 Å². The first kappa shape index (κ1) is 23.6. The van der Waals surface area contributed by atoms with Crippen molar-refractivity contribution in [3.05, 3.63) is 84.3 Å². The maximum atomic E-state index is 16.2. The number of nitrogens with zero attached hydrogens (tertiary/aromatic N) is 5. The number of hydrogen-bond donors (Lipinski definition) is 2. The molecule has 9 heteroatoms. The van der Waals surface area contributed by atoms with E-state index < -0.39 is 5.82 Å². The molecule has 0 unspecified atom stereocenters. The van der Waals surface area contributed by atoms with Gasteiger partial charge in [0, 0.05) is 47.4 Å². The zero-order valence-corrected chi connectivity index (χ0v) is 21.1. The third kappa shape index (κ3) is 4.24. The highest BCUT2D eigenvalue weighted by atomic mass is 19.1. The second kappa shape index (κ2) is 9.67. The van der Waals surface area contributed by atoms with Crippen molar-refractivity contribution in [3.63, 3.8) is 0 Å². The van der Waals surface area contributed by atoms with Gasteiger partial charge in [-0.3, -0.25) is 15.0 Å². The van der Waals surface area contributed by atoms with Crippen molar-refractivity contribution >= 4 is 22.1 Å². The van der Waals surface area contributed by atoms with E-state index in [-0.39, 0.29) is 5.82 Å². The van der Waals surface area contributed by atoms with Crippen LogP contribution in [0.1, 0.15) is 24.8 Å². The lowest BCUT2D eigenvalue weighted by Crippen LogP contribution is -2.29. The van der Waals surface area contributed by atoms with Gasteiger partial charge in [0.25, 0.3) is 0 Å². The molecular formula is C30H25F2N7. The summed E-state index contributed by atoms with van der Waals surface area (Å²) in [5.74, 6) is -0.408. The molecule has 1 aliphatic rings. The highest BCUT2D eigenvalue weighted by molar-refractivity contribution is 5.98. The second-order valence-corrected chi connectivity index (χ2v) is 9.96. The first-order chi connectivity index (χ1) is 19.2. The summed E-state index contributed by atoms with van der Waals surface area (Å²) in [4.78, 5) is 19.0. The maximum absolute atomic E-state index is 16.2. The van der Waals surface area contributed by atoms with E-state index in [2.05, 4.69) is 35.0 Å². The van der Waals surface area contributed by atoms with Gasteiger partial charge < -0.3 is 4.98 Å². The van der Waals surface area contributed by atoms with E-state index in [1.165, 1.54) is 25.3 Å². The number of aromatic amines is 2. The summed E-state index contributed by atoms with van der Waals surface area (Å²) >= 11 is 0. The topological polar surface area (TPSA) is 86.4 Å². The molecule has 194 valence electrons. The van der Waals surface area contributed by atoms with E-state index in [9.17, 15) is 4.39 Å². The average molecular weight is 522 g/mol. The zero-order chi connectivity index (χ0) is 26.3. The fourth-order valence-corrected chi connectivity index (χ4v) is 5.49. The van der Waals surface area contributed by atoms with Crippen LogP contribution >= 0.6 is 0 Å². The molecule has 2 N–H and O–H groups in total. The number of pyridine rings is 2. The molecule has 6 aromatic rings. The minimum atomic E-state index is -0.407. The van der Waals surface area contributed by atoms with Crippen LogP contribution in [0.2, 0.25) is 0 Å². The lowest BCUT2D eigenvalue weighted by Gasteiger charge is -2.26. The molecule has 39 heavy (non-hydrogen) atoms. The van der Waals surface area contributed by atoms with Gasteiger partial charge in [0.15, 0.2) is 11.5 Å². The van der Waals surface area contributed by atoms with Crippen LogP contribution in [0.3, 0.4) is 0 Å². The molecule has 0 radical (unpaired) electrons. The lowest BCUT2D eigenvalue weighted by molar-refractivity contribution is 0.220. The maximum Gasteiger partial charge on any atom is 0.178 e. The Morgan fingerprint density at radius 2 is 1.77 bits per heavy atom. The summed E-state index contributed by atoms with van der Waals surface area (Å²) in [7, 11) is 0. The van der Waals surface area contributed by atoms with Gasteiger partial charge >= 0.3 is 0 Å². The zero-order valence-electron chi connectivity index (χ0n) is 21.1. The van der Waals surface area contributed by atoms with Gasteiger partial charge in [-0.1, -0.05) is 24.6 Å². The van der Waals surface area contributed by atoms with E-state index in [4.69, 9.17) is 0 Å². The van der Waals surface area contributed by atoms with Crippen molar-refractivity contribution in [1.82, 2.24) is 35.0 Å². The number of piperidine rings is 1. The molecular weight excluding hydrogens is 496 g/mol. The molecule has 5 heterocycles. The van der Waals surface area contributed by atoms with Crippen LogP contribution < -0.4 is 0 Å². The van der Waals surface area contributed by atoms with E-state index in [1.807, 2.05) is 18.3 Å². The van der Waals surface area contributed by atoms with Crippen molar-refractivity contribution in [1.29, 1.82) is 0 Å². The predicted molar refractivity (Wildman–Crippen MR) is 147 cm³/mol. The highest BCUT2D eigenvalue weighted by Gasteiger charge is 2.21. The number of fused-ring (bicyclic) bond motifs is 2. The lowest BCUT2D eigenvalue weighted by atomic mass is 10.0. The fraction of sp³-hybridized carbons (Fsp3) is 0.200. The second-order valence-electron chi connectivity index (χ2n) is 9.96. The van der Waals surface area contributed by atoms with Crippen molar-refractivity contribution in [2.75, 3.05) is 13.1 Å². The Hall–Kier alpha value is -4.50. The number of likely N-dealkylation sites (tertiary alicyclic amines) is 1. The fourth-order valence-electron chi connectivity index (χ4n) is 5.49. The van der Waals surface area contributed by atoms with Gasteiger partial charge in [-0.25, -0.2) is 18.7 Å². The van der Waals surface area contributed by atoms with Crippen LogP contribution in [0.15, 0.2) is 67.1 Å². The van der Waals surface area contributed by atoms with Gasteiger partial charge in [0.2, 0.25) is 0 Å². The SMILES string of the molecule is Fc1ccccc1-c1ccnc2nc(-c3n[nH]c4ccc(-c5cncc(CN6CCCCC6)c5)c(F)c34)[nH]c12. The Bertz CT molecular complexity index is 1820. The number of halogens is 2. The first-order valence-electron chi connectivity index (χ1n) is 13.1. The Balaban J connectivity index is 1.30. The van der Waals surface area contributed by atoms with Crippen LogP contribution in [0.5, 0.6) is 0 Å². The van der Waals surface area contributed by atoms with E-state index in [0.717, 1.165) is 25.2 Å². The third-order valence-corrected chi connectivity index (χ3v) is 7.41. The van der Waals surface area contributed by atoms with Crippen LogP contribution in [0.25, 0.3) is 55.8 Å². The molecule has 0 bridgehead atoms. The van der Waals surface area contributed by atoms with Gasteiger partial charge in [-0.15, -0.1) is 0 Å². The van der Waals surface area contributed by atoms with Crippen LogP contribution in [0.4, 0.5) is 8.78 Å². The number of rotatable bonds is 5. The number of aromatic nitrogens is 6. The standard InChI is InChI=1S/C30H25F2N7/c31-23-7-3-2-6-21(23)22-10-11-34-29-27(22)35-30(36-29)28-25-24(37-38-28)9-8-20(26(25)32)19-14-18(15-33-16-19)17-39-12-4-1-5-13-39/h2-3,6-11,14-16H,1,4-5,12-13,17H2,(H,37,38)(H,34,35,36). The number of benzene rings is 2. The number of imidazole rings is 1. The highest BCUT2D eigenvalue weighted by Crippen LogP contribution is 2.35. The Kier molecular flexibility index (Phi) is 5.85. The minimum Gasteiger partial charge on any atom is -0.335 e. The predicted octanol–water partition coefficient (Wildman–Crippen LogP) is 6.49. The van der Waals surface area contributed by atoms with Crippen molar-refractivity contribution in [2.45, 2.75) is 25.8 Å². The summed E-state index contributed by atoms with van der Waals surface area (Å²) in [6.07, 6.45) is 8.82. The molecule has 4 aromatic heterocycles. The minimum absolute atomic E-state index is 0.320. The monoisotopic (exact) mass is 521 g/mol. The van der Waals surface area contributed by atoms with E-state index >= 15 is 4.39 Å². The smallest absolute Gasteiger partial charge is 0.178 e. The quantitative estimate of drug-likeness (QED) is 0.271. The van der Waals surface area contributed by atoms with Crippen LogP contribution in [-0.4, -0.2) is 48.1 Å². The van der Waals surface area contributed by atoms with Crippen molar-refractivity contribution < 1.29 is 8.78 Å². The first-order valence-corrected chi connectivity index (χ1v) is 13.1. The number of H-pyrrole nitrogens is 2. The summed E-state index contributed by atoms with van der Waals surface area (Å²) in [6, 6.07) is 13.8. The number of hydrogen-bond acceptors (Lipinski definition) is 5. The molecule has 7 nitrogen and oxygen atoms in total. The molecule has 2 aromatic carbocycles. The summed E-state index contributed by atoms with van der Waals surface area (Å²) < 4.78 is 30.8. The van der Waals surface area contributed by atoms with E-state index in [0.29, 0.717) is 55.8 Å². The summed E-state index contributed by atoms with van der Waals surface area (Å²) in [6.45, 7) is 2.96. The molecule has 1 saturated heterocycles. The van der Waals surface area contributed by atoms with Crippen molar-refractivity contribution in [3.8, 4) is 33.8 Å². The number of nitrogens with one attached hydrogen (secondary N) is 2. The van der Waals surface area contributed by atoms with Gasteiger partial charge in [-0.2, -0.15) is 5.10 Å². The molecule has 0 amide bonds. The third-order valence-electron chi connectivity index (χ3n) is 7.41. The van der Waals surface area contributed by atoms with Crippen LogP contribution in [-0.2, 0) is 6.54 Å². The summed E-state index contributed by atoms with van der Waals surface area (Å²) in [5, 5.41) is 7.63. The largest absolute Gasteiger partial charge is 0.335 e. The Morgan fingerprint density at radius 3 is 2.64 bits per heavy atom. The van der Waals surface area contributed by atoms with Gasteiger partial charge in [-0.05, 0) is 61.8 Å². The van der Waals surface area contributed by atoms with Crippen molar-refractivity contribution in [2.24, 2.45) is 0 Å². The van der Waals surface area contributed by atoms with E-state index in [1.54, 1.807) is 42.7 Å². The summed E-state index contributed by atoms with van der Waals surface area (Å²) in [5.41, 5.74) is 5.10. The Morgan fingerprint density at radius 1 is 0.897 bits per heavy atom. The van der Waals surface area contributed by atoms with Gasteiger partial charge in [0.1, 0.15) is 17.3 Å². The molecule has 0 spiro atoms. The molecule has 1 aliphatic heterocycles. The molecule has 7 rings (SSSR count). The normalized spacial score (nSPS) is 14.4. The average Bonchev–Trinajstić information content (AvgIpc) is 3.59. The molecule has 0 aliphatic carbocycles.